The molecule has 2 N–H and O–H groups in total. The second-order valence-electron chi connectivity index (χ2n) is 7.88. The summed E-state index contributed by atoms with van der Waals surface area (Å²) in [4.78, 5) is 17.6. The summed E-state index contributed by atoms with van der Waals surface area (Å²) < 4.78 is 5.31. The van der Waals surface area contributed by atoms with Gasteiger partial charge in [0.15, 0.2) is 0 Å². The standard InChI is InChI=1S/C19H25N3O3/c1-9(2)15-7-13(16-10(3)22-25-19(16)20-15)18(24)21-17-12-5-4-11(6-12)14(17)8-23/h7,9,11-12,14,17,23H,4-6,8H2,1-3H3,(H,21,24). The van der Waals surface area contributed by atoms with Crippen LogP contribution in [0.25, 0.3) is 11.1 Å². The van der Waals surface area contributed by atoms with Crippen LogP contribution in [0.4, 0.5) is 0 Å². The van der Waals surface area contributed by atoms with Crippen LogP contribution in [0.15, 0.2) is 10.6 Å². The number of carbonyl (C=O) groups is 1. The first-order valence-corrected chi connectivity index (χ1v) is 9.18. The molecular weight excluding hydrogens is 318 g/mol. The summed E-state index contributed by atoms with van der Waals surface area (Å²) >= 11 is 0. The van der Waals surface area contributed by atoms with E-state index < -0.39 is 0 Å². The van der Waals surface area contributed by atoms with Crippen LogP contribution in [0, 0.1) is 24.7 Å². The Morgan fingerprint density at radius 3 is 2.88 bits per heavy atom. The van der Waals surface area contributed by atoms with E-state index >= 15 is 0 Å². The van der Waals surface area contributed by atoms with Gasteiger partial charge in [-0.05, 0) is 50.0 Å². The monoisotopic (exact) mass is 343 g/mol. The van der Waals surface area contributed by atoms with Crippen molar-refractivity contribution >= 4 is 17.0 Å². The quantitative estimate of drug-likeness (QED) is 0.891. The third kappa shape index (κ3) is 2.63. The molecular formula is C19H25N3O3. The van der Waals surface area contributed by atoms with Gasteiger partial charge in [0, 0.05) is 24.3 Å². The fourth-order valence-corrected chi connectivity index (χ4v) is 4.72. The number of amides is 1. The predicted octanol–water partition coefficient (Wildman–Crippen LogP) is 2.79. The number of pyridine rings is 1. The SMILES string of the molecule is Cc1noc2nc(C(C)C)cc(C(=O)NC3C4CCC(C4)C3CO)c12. The molecule has 0 radical (unpaired) electrons. The summed E-state index contributed by atoms with van der Waals surface area (Å²) in [5.41, 5.74) is 2.49. The zero-order valence-corrected chi connectivity index (χ0v) is 15.0. The lowest BCUT2D eigenvalue weighted by Crippen LogP contribution is -2.45. The average Bonchev–Trinajstić information content (AvgIpc) is 3.29. The third-order valence-electron chi connectivity index (χ3n) is 6.07. The van der Waals surface area contributed by atoms with E-state index in [0.717, 1.165) is 18.5 Å². The lowest BCUT2D eigenvalue weighted by atomic mass is 9.85. The summed E-state index contributed by atoms with van der Waals surface area (Å²) in [5.74, 6) is 1.27. The Labute approximate surface area is 147 Å². The lowest BCUT2D eigenvalue weighted by molar-refractivity contribution is 0.0863. The second-order valence-corrected chi connectivity index (χ2v) is 7.88. The first-order chi connectivity index (χ1) is 12.0. The van der Waals surface area contributed by atoms with E-state index in [1.165, 1.54) is 6.42 Å². The van der Waals surface area contributed by atoms with Crippen LogP contribution in [0.1, 0.15) is 60.8 Å². The highest BCUT2D eigenvalue weighted by Gasteiger charge is 2.47. The Balaban J connectivity index is 1.69. The van der Waals surface area contributed by atoms with Gasteiger partial charge >= 0.3 is 0 Å². The number of rotatable bonds is 4. The van der Waals surface area contributed by atoms with E-state index in [9.17, 15) is 9.90 Å². The van der Waals surface area contributed by atoms with Crippen molar-refractivity contribution in [3.05, 3.63) is 23.0 Å². The van der Waals surface area contributed by atoms with Crippen molar-refractivity contribution in [3.63, 3.8) is 0 Å². The summed E-state index contributed by atoms with van der Waals surface area (Å²) in [6, 6.07) is 1.91. The Morgan fingerprint density at radius 1 is 1.40 bits per heavy atom. The van der Waals surface area contributed by atoms with Crippen molar-refractivity contribution in [1.29, 1.82) is 0 Å². The van der Waals surface area contributed by atoms with E-state index in [1.807, 2.05) is 26.8 Å². The second kappa shape index (κ2) is 6.09. The molecule has 0 saturated heterocycles. The number of hydrogen-bond acceptors (Lipinski definition) is 5. The summed E-state index contributed by atoms with van der Waals surface area (Å²) in [5, 5.41) is 17.6. The number of fused-ring (bicyclic) bond motifs is 3. The Hall–Kier alpha value is -1.95. The van der Waals surface area contributed by atoms with E-state index in [-0.39, 0.29) is 30.4 Å². The molecule has 1 amide bonds. The maximum absolute atomic E-state index is 13.1. The molecule has 2 aromatic heterocycles. The predicted molar refractivity (Wildman–Crippen MR) is 93.3 cm³/mol. The number of hydrogen-bond donors (Lipinski definition) is 2. The molecule has 2 aromatic rings. The topological polar surface area (TPSA) is 88.2 Å². The smallest absolute Gasteiger partial charge is 0.259 e. The highest BCUT2D eigenvalue weighted by molar-refractivity contribution is 6.06. The van der Waals surface area contributed by atoms with Crippen molar-refractivity contribution in [3.8, 4) is 0 Å². The van der Waals surface area contributed by atoms with Crippen molar-refractivity contribution in [2.24, 2.45) is 17.8 Å². The van der Waals surface area contributed by atoms with Gasteiger partial charge in [-0.25, -0.2) is 4.98 Å². The number of aromatic nitrogens is 2. The molecule has 6 nitrogen and oxygen atoms in total. The van der Waals surface area contributed by atoms with Crippen LogP contribution in [0.3, 0.4) is 0 Å². The van der Waals surface area contributed by atoms with Gasteiger partial charge in [-0.2, -0.15) is 0 Å². The molecule has 0 spiro atoms. The van der Waals surface area contributed by atoms with Crippen LogP contribution in [0.5, 0.6) is 0 Å². The Morgan fingerprint density at radius 2 is 2.16 bits per heavy atom. The number of aliphatic hydroxyl groups is 1. The number of aliphatic hydroxyl groups excluding tert-OH is 1. The molecule has 2 heterocycles. The van der Waals surface area contributed by atoms with Crippen molar-refractivity contribution in [2.75, 3.05) is 6.61 Å². The van der Waals surface area contributed by atoms with Crippen LogP contribution in [-0.2, 0) is 0 Å². The first-order valence-electron chi connectivity index (χ1n) is 9.18. The lowest BCUT2D eigenvalue weighted by Gasteiger charge is -2.30. The first kappa shape index (κ1) is 16.5. The molecule has 2 aliphatic carbocycles. The molecule has 0 aliphatic heterocycles. The molecule has 134 valence electrons. The molecule has 6 heteroatoms. The summed E-state index contributed by atoms with van der Waals surface area (Å²) in [6.45, 7) is 6.04. The highest BCUT2D eigenvalue weighted by atomic mass is 16.5. The van der Waals surface area contributed by atoms with Crippen molar-refractivity contribution < 1.29 is 14.4 Å². The van der Waals surface area contributed by atoms with Gasteiger partial charge in [-0.15, -0.1) is 0 Å². The van der Waals surface area contributed by atoms with E-state index in [1.54, 1.807) is 0 Å². The van der Waals surface area contributed by atoms with E-state index in [0.29, 0.717) is 34.2 Å². The van der Waals surface area contributed by atoms with Gasteiger partial charge in [0.25, 0.3) is 11.6 Å². The minimum atomic E-state index is -0.114. The zero-order valence-electron chi connectivity index (χ0n) is 15.0. The molecule has 4 atom stereocenters. The fraction of sp³-hybridized carbons (Fsp3) is 0.632. The van der Waals surface area contributed by atoms with Crippen molar-refractivity contribution in [1.82, 2.24) is 15.5 Å². The molecule has 2 aliphatic rings. The number of carbonyl (C=O) groups excluding carboxylic acids is 1. The fourth-order valence-electron chi connectivity index (χ4n) is 4.72. The van der Waals surface area contributed by atoms with E-state index in [4.69, 9.17) is 4.52 Å². The highest BCUT2D eigenvalue weighted by Crippen LogP contribution is 2.48. The van der Waals surface area contributed by atoms with Gasteiger partial charge in [0.1, 0.15) is 0 Å². The van der Waals surface area contributed by atoms with Gasteiger partial charge in [0.05, 0.1) is 16.6 Å². The summed E-state index contributed by atoms with van der Waals surface area (Å²) in [7, 11) is 0. The van der Waals surface area contributed by atoms with Crippen molar-refractivity contribution in [2.45, 2.75) is 52.0 Å². The Bertz CT molecular complexity index is 814. The Kier molecular flexibility index (Phi) is 4.02. The molecule has 2 saturated carbocycles. The molecule has 4 unspecified atom stereocenters. The summed E-state index contributed by atoms with van der Waals surface area (Å²) in [6.07, 6.45) is 3.43. The average molecular weight is 343 g/mol. The third-order valence-corrected chi connectivity index (χ3v) is 6.07. The molecule has 4 rings (SSSR count). The largest absolute Gasteiger partial charge is 0.396 e. The zero-order chi connectivity index (χ0) is 17.7. The number of nitrogens with zero attached hydrogens (tertiary/aromatic N) is 2. The maximum Gasteiger partial charge on any atom is 0.259 e. The van der Waals surface area contributed by atoms with Crippen LogP contribution >= 0.6 is 0 Å². The minimum absolute atomic E-state index is 0.0575. The number of aryl methyl sites for hydroxylation is 1. The van der Waals surface area contributed by atoms with Gasteiger partial charge < -0.3 is 14.9 Å². The van der Waals surface area contributed by atoms with Crippen LogP contribution < -0.4 is 5.32 Å². The van der Waals surface area contributed by atoms with Gasteiger partial charge in [-0.3, -0.25) is 4.79 Å². The molecule has 2 bridgehead atoms. The normalized spacial score (nSPS) is 28.2. The maximum atomic E-state index is 13.1. The van der Waals surface area contributed by atoms with Crippen LogP contribution in [0.2, 0.25) is 0 Å². The number of nitrogens with one attached hydrogen (secondary N) is 1. The minimum Gasteiger partial charge on any atom is -0.396 e. The molecule has 2 fully saturated rings. The van der Waals surface area contributed by atoms with Gasteiger partial charge in [0.2, 0.25) is 0 Å². The van der Waals surface area contributed by atoms with Gasteiger partial charge in [-0.1, -0.05) is 19.0 Å². The molecule has 25 heavy (non-hydrogen) atoms. The molecule has 0 aromatic carbocycles. The van der Waals surface area contributed by atoms with E-state index in [2.05, 4.69) is 15.5 Å². The van der Waals surface area contributed by atoms with Crippen LogP contribution in [-0.4, -0.2) is 33.8 Å².